The van der Waals surface area contributed by atoms with Crippen molar-refractivity contribution in [2.75, 3.05) is 11.9 Å². The fraction of sp³-hybridized carbons (Fsp3) is 0.200. The fourth-order valence-corrected chi connectivity index (χ4v) is 2.11. The molecule has 0 fully saturated rings. The molecule has 0 unspecified atom stereocenters. The van der Waals surface area contributed by atoms with Crippen molar-refractivity contribution in [3.05, 3.63) is 36.5 Å². The Balaban J connectivity index is 2.39. The van der Waals surface area contributed by atoms with Gasteiger partial charge in [0, 0.05) is 24.5 Å². The Morgan fingerprint density at radius 2 is 2.13 bits per heavy atom. The van der Waals surface area contributed by atoms with Gasteiger partial charge in [0.1, 0.15) is 12.2 Å². The molecule has 0 atom stereocenters. The van der Waals surface area contributed by atoms with Gasteiger partial charge in [-0.05, 0) is 18.2 Å². The average molecular weight is 316 g/mol. The largest absolute Gasteiger partial charge is 0.480 e. The van der Waals surface area contributed by atoms with Crippen LogP contribution >= 0.6 is 0 Å². The van der Waals surface area contributed by atoms with E-state index < -0.39 is 12.0 Å². The first-order chi connectivity index (χ1) is 10.9. The van der Waals surface area contributed by atoms with E-state index in [0.29, 0.717) is 23.1 Å². The lowest BCUT2D eigenvalue weighted by Gasteiger charge is -2.06. The average Bonchev–Trinajstić information content (AvgIpc) is 2.82. The van der Waals surface area contributed by atoms with Crippen LogP contribution in [-0.2, 0) is 11.3 Å². The van der Waals surface area contributed by atoms with Crippen molar-refractivity contribution >= 4 is 34.4 Å². The van der Waals surface area contributed by atoms with Crippen LogP contribution in [0.4, 0.5) is 10.5 Å². The quantitative estimate of drug-likeness (QED) is 0.554. The Morgan fingerprint density at radius 1 is 1.39 bits per heavy atom. The monoisotopic (exact) mass is 316 g/mol. The van der Waals surface area contributed by atoms with E-state index in [4.69, 9.17) is 5.11 Å². The minimum Gasteiger partial charge on any atom is -0.480 e. The van der Waals surface area contributed by atoms with Crippen molar-refractivity contribution in [3.8, 4) is 0 Å². The van der Waals surface area contributed by atoms with Gasteiger partial charge in [-0.15, -0.1) is 6.58 Å². The number of fused-ring (bicyclic) bond motifs is 1. The second-order valence-corrected chi connectivity index (χ2v) is 4.81. The zero-order chi connectivity index (χ0) is 17.0. The zero-order valence-corrected chi connectivity index (χ0v) is 12.5. The van der Waals surface area contributed by atoms with Crippen molar-refractivity contribution in [3.63, 3.8) is 0 Å². The minimum absolute atomic E-state index is 0.163. The van der Waals surface area contributed by atoms with Gasteiger partial charge in [0.15, 0.2) is 5.78 Å². The summed E-state index contributed by atoms with van der Waals surface area (Å²) in [6.07, 6.45) is 1.55. The number of hydrogen-bond donors (Lipinski definition) is 3. The number of Topliss-reactive ketones (excluding diaryl/α,β-unsaturated/α-hetero) is 1. The summed E-state index contributed by atoms with van der Waals surface area (Å²) in [6.45, 7) is 4.82. The molecular weight excluding hydrogens is 300 g/mol. The van der Waals surface area contributed by atoms with Crippen molar-refractivity contribution < 1.29 is 19.5 Å². The van der Waals surface area contributed by atoms with Gasteiger partial charge in [-0.2, -0.15) is 5.10 Å². The molecule has 0 saturated carbocycles. The number of hydrogen-bond acceptors (Lipinski definition) is 4. The molecule has 8 heteroatoms. The number of ketones is 1. The summed E-state index contributed by atoms with van der Waals surface area (Å²) in [5.41, 5.74) is 1.14. The van der Waals surface area contributed by atoms with Crippen LogP contribution < -0.4 is 10.6 Å². The molecule has 1 aromatic heterocycles. The van der Waals surface area contributed by atoms with E-state index >= 15 is 0 Å². The zero-order valence-electron chi connectivity index (χ0n) is 12.5. The van der Waals surface area contributed by atoms with Crippen LogP contribution in [0.2, 0.25) is 0 Å². The first kappa shape index (κ1) is 16.2. The van der Waals surface area contributed by atoms with Gasteiger partial charge in [-0.1, -0.05) is 6.08 Å². The molecule has 8 nitrogen and oxygen atoms in total. The van der Waals surface area contributed by atoms with Crippen LogP contribution in [0.1, 0.15) is 17.4 Å². The highest BCUT2D eigenvalue weighted by atomic mass is 16.4. The first-order valence-corrected chi connectivity index (χ1v) is 6.81. The molecule has 1 aromatic carbocycles. The predicted molar refractivity (Wildman–Crippen MR) is 84.6 cm³/mol. The van der Waals surface area contributed by atoms with Crippen molar-refractivity contribution in [2.24, 2.45) is 0 Å². The second kappa shape index (κ2) is 6.73. The van der Waals surface area contributed by atoms with E-state index in [1.807, 2.05) is 0 Å². The molecule has 0 spiro atoms. The number of carboxylic acid groups (broad SMARTS) is 1. The van der Waals surface area contributed by atoms with E-state index in [0.717, 1.165) is 0 Å². The number of urea groups is 1. The number of rotatable bonds is 6. The topological polar surface area (TPSA) is 113 Å². The first-order valence-electron chi connectivity index (χ1n) is 6.81. The van der Waals surface area contributed by atoms with Crippen LogP contribution in [0, 0.1) is 0 Å². The molecule has 0 radical (unpaired) electrons. The molecule has 0 saturated heterocycles. The molecule has 3 N–H and O–H groups in total. The number of benzene rings is 1. The molecule has 120 valence electrons. The van der Waals surface area contributed by atoms with Gasteiger partial charge in [-0.3, -0.25) is 14.3 Å². The molecule has 0 aliphatic heterocycles. The Hall–Kier alpha value is -3.16. The van der Waals surface area contributed by atoms with Crippen LogP contribution in [0.3, 0.4) is 0 Å². The van der Waals surface area contributed by atoms with E-state index in [9.17, 15) is 14.4 Å². The van der Waals surface area contributed by atoms with Crippen LogP contribution in [0.5, 0.6) is 0 Å². The second-order valence-electron chi connectivity index (χ2n) is 4.81. The molecule has 23 heavy (non-hydrogen) atoms. The maximum atomic E-state index is 11.7. The maximum Gasteiger partial charge on any atom is 0.325 e. The van der Waals surface area contributed by atoms with Crippen LogP contribution in [0.15, 0.2) is 30.9 Å². The van der Waals surface area contributed by atoms with E-state index in [2.05, 4.69) is 22.3 Å². The lowest BCUT2D eigenvalue weighted by molar-refractivity contribution is -0.137. The Kier molecular flexibility index (Phi) is 4.75. The van der Waals surface area contributed by atoms with Crippen LogP contribution in [0.25, 0.3) is 10.9 Å². The van der Waals surface area contributed by atoms with Gasteiger partial charge in [-0.25, -0.2) is 4.79 Å². The summed E-state index contributed by atoms with van der Waals surface area (Å²) in [5.74, 6) is -1.34. The summed E-state index contributed by atoms with van der Waals surface area (Å²) in [4.78, 5) is 34.2. The van der Waals surface area contributed by atoms with E-state index in [1.54, 1.807) is 24.3 Å². The summed E-state index contributed by atoms with van der Waals surface area (Å²) in [5, 5.41) is 18.6. The van der Waals surface area contributed by atoms with Gasteiger partial charge in [0.25, 0.3) is 0 Å². The highest BCUT2D eigenvalue weighted by Gasteiger charge is 2.16. The Labute approximate surface area is 131 Å². The number of nitrogens with one attached hydrogen (secondary N) is 2. The number of carbonyl (C=O) groups is 3. The lowest BCUT2D eigenvalue weighted by Crippen LogP contribution is -2.28. The minimum atomic E-state index is -1.06. The third kappa shape index (κ3) is 3.73. The van der Waals surface area contributed by atoms with Crippen LogP contribution in [-0.4, -0.2) is 39.2 Å². The number of nitrogens with zero attached hydrogens (tertiary/aromatic N) is 2. The van der Waals surface area contributed by atoms with Gasteiger partial charge >= 0.3 is 12.0 Å². The standard InChI is InChI=1S/C15H16N4O4/c1-3-6-16-15(23)17-10-4-5-12-11(7-10)14(9(2)20)18-19(12)8-13(21)22/h3-5,7H,1,6,8H2,2H3,(H,21,22)(H2,16,17,23). The summed E-state index contributed by atoms with van der Waals surface area (Å²) >= 11 is 0. The maximum absolute atomic E-state index is 11.7. The molecular formula is C15H16N4O4. The van der Waals surface area contributed by atoms with E-state index in [1.165, 1.54) is 11.6 Å². The van der Waals surface area contributed by atoms with Gasteiger partial charge < -0.3 is 15.7 Å². The SMILES string of the molecule is C=CCNC(=O)Nc1ccc2c(c1)c(C(C)=O)nn2CC(=O)O. The number of carbonyl (C=O) groups excluding carboxylic acids is 2. The number of amides is 2. The molecule has 1 heterocycles. The lowest BCUT2D eigenvalue weighted by atomic mass is 10.1. The summed E-state index contributed by atoms with van der Waals surface area (Å²) < 4.78 is 1.25. The van der Waals surface area contributed by atoms with Gasteiger partial charge in [0.2, 0.25) is 0 Å². The fourth-order valence-electron chi connectivity index (χ4n) is 2.11. The number of carboxylic acids is 1. The third-order valence-corrected chi connectivity index (χ3v) is 3.03. The van der Waals surface area contributed by atoms with Crippen molar-refractivity contribution in [1.82, 2.24) is 15.1 Å². The molecule has 2 aromatic rings. The Bertz CT molecular complexity index is 794. The Morgan fingerprint density at radius 3 is 2.74 bits per heavy atom. The molecule has 0 bridgehead atoms. The smallest absolute Gasteiger partial charge is 0.325 e. The van der Waals surface area contributed by atoms with Crippen molar-refractivity contribution in [1.29, 1.82) is 0 Å². The van der Waals surface area contributed by atoms with E-state index in [-0.39, 0.29) is 18.0 Å². The number of aromatic nitrogens is 2. The molecule has 0 aliphatic rings. The highest BCUT2D eigenvalue weighted by Crippen LogP contribution is 2.23. The van der Waals surface area contributed by atoms with Gasteiger partial charge in [0.05, 0.1) is 5.52 Å². The number of aliphatic carboxylic acids is 1. The van der Waals surface area contributed by atoms with Crippen molar-refractivity contribution in [2.45, 2.75) is 13.5 Å². The summed E-state index contributed by atoms with van der Waals surface area (Å²) in [6, 6.07) is 4.40. The molecule has 2 rings (SSSR count). The third-order valence-electron chi connectivity index (χ3n) is 3.03. The normalized spacial score (nSPS) is 10.3. The predicted octanol–water partition coefficient (Wildman–Crippen LogP) is 1.63. The highest BCUT2D eigenvalue weighted by molar-refractivity contribution is 6.06. The number of anilines is 1. The summed E-state index contributed by atoms with van der Waals surface area (Å²) in [7, 11) is 0. The molecule has 2 amide bonds. The molecule has 0 aliphatic carbocycles.